The molecular weight excluding hydrogens is 394 g/mol. The third-order valence-electron chi connectivity index (χ3n) is 4.36. The van der Waals surface area contributed by atoms with Gasteiger partial charge in [0.1, 0.15) is 22.9 Å². The Morgan fingerprint density at radius 1 is 1.00 bits per heavy atom. The van der Waals surface area contributed by atoms with Crippen molar-refractivity contribution in [1.82, 2.24) is 10.4 Å². The summed E-state index contributed by atoms with van der Waals surface area (Å²) in [5.74, 6) is 1.67. The van der Waals surface area contributed by atoms with Gasteiger partial charge in [-0.2, -0.15) is 5.10 Å². The van der Waals surface area contributed by atoms with Crippen molar-refractivity contribution in [3.8, 4) is 28.5 Å². The predicted molar refractivity (Wildman–Crippen MR) is 120 cm³/mol. The predicted octanol–water partition coefficient (Wildman–Crippen LogP) is 4.32. The fourth-order valence-electron chi connectivity index (χ4n) is 2.79. The number of amides is 1. The SMILES string of the molecule is CCCOc1ccc(-c2cccc(C(=O)NN=Cc3cc(OC)cc(OC)c3)n2)cc1. The summed E-state index contributed by atoms with van der Waals surface area (Å²) in [6, 6.07) is 18.2. The smallest absolute Gasteiger partial charge is 0.289 e. The van der Waals surface area contributed by atoms with Gasteiger partial charge in [0, 0.05) is 17.2 Å². The van der Waals surface area contributed by atoms with Crippen LogP contribution in [0.25, 0.3) is 11.3 Å². The summed E-state index contributed by atoms with van der Waals surface area (Å²) >= 11 is 0. The van der Waals surface area contributed by atoms with Gasteiger partial charge in [-0.05, 0) is 55.0 Å². The van der Waals surface area contributed by atoms with Crippen molar-refractivity contribution in [2.24, 2.45) is 5.10 Å². The van der Waals surface area contributed by atoms with E-state index in [0.717, 1.165) is 23.3 Å². The van der Waals surface area contributed by atoms with Gasteiger partial charge in [0.05, 0.1) is 32.7 Å². The number of rotatable bonds is 9. The first kappa shape index (κ1) is 21.8. The zero-order valence-corrected chi connectivity index (χ0v) is 17.8. The maximum Gasteiger partial charge on any atom is 0.289 e. The van der Waals surface area contributed by atoms with E-state index in [0.29, 0.717) is 23.8 Å². The van der Waals surface area contributed by atoms with Gasteiger partial charge in [0.25, 0.3) is 5.91 Å². The number of methoxy groups -OCH3 is 2. The number of ether oxygens (including phenoxy) is 3. The maximum atomic E-state index is 12.5. The number of carbonyl (C=O) groups excluding carboxylic acids is 1. The summed E-state index contributed by atoms with van der Waals surface area (Å²) in [4.78, 5) is 16.9. The van der Waals surface area contributed by atoms with Gasteiger partial charge in [-0.25, -0.2) is 10.4 Å². The lowest BCUT2D eigenvalue weighted by Gasteiger charge is -2.07. The molecule has 3 rings (SSSR count). The van der Waals surface area contributed by atoms with E-state index in [1.54, 1.807) is 44.6 Å². The normalized spacial score (nSPS) is 10.7. The van der Waals surface area contributed by atoms with E-state index in [9.17, 15) is 4.79 Å². The van der Waals surface area contributed by atoms with Gasteiger partial charge in [0.2, 0.25) is 0 Å². The highest BCUT2D eigenvalue weighted by atomic mass is 16.5. The molecule has 1 N–H and O–H groups in total. The van der Waals surface area contributed by atoms with E-state index < -0.39 is 5.91 Å². The first-order valence-corrected chi connectivity index (χ1v) is 9.89. The Kier molecular flexibility index (Phi) is 7.59. The standard InChI is InChI=1S/C24H25N3O4/c1-4-12-31-19-10-8-18(9-11-19)22-6-5-7-23(26-22)24(28)27-25-16-17-13-20(29-2)15-21(14-17)30-3/h5-11,13-16H,4,12H2,1-3H3,(H,27,28). The summed E-state index contributed by atoms with van der Waals surface area (Å²) in [6.07, 6.45) is 2.47. The van der Waals surface area contributed by atoms with E-state index in [4.69, 9.17) is 14.2 Å². The molecule has 0 unspecified atom stereocenters. The van der Waals surface area contributed by atoms with E-state index >= 15 is 0 Å². The van der Waals surface area contributed by atoms with Crippen molar-refractivity contribution in [2.45, 2.75) is 13.3 Å². The van der Waals surface area contributed by atoms with Crippen LogP contribution in [0.4, 0.5) is 0 Å². The molecule has 0 aliphatic rings. The van der Waals surface area contributed by atoms with Crippen LogP contribution >= 0.6 is 0 Å². The average molecular weight is 419 g/mol. The second-order valence-electron chi connectivity index (χ2n) is 6.63. The molecule has 31 heavy (non-hydrogen) atoms. The van der Waals surface area contributed by atoms with E-state index in [1.807, 2.05) is 30.3 Å². The molecular formula is C24H25N3O4. The lowest BCUT2D eigenvalue weighted by atomic mass is 10.1. The Morgan fingerprint density at radius 3 is 2.35 bits per heavy atom. The van der Waals surface area contributed by atoms with Crippen molar-refractivity contribution in [3.05, 3.63) is 71.9 Å². The molecule has 0 aliphatic carbocycles. The topological polar surface area (TPSA) is 82.0 Å². The van der Waals surface area contributed by atoms with Crippen molar-refractivity contribution in [3.63, 3.8) is 0 Å². The lowest BCUT2D eigenvalue weighted by Crippen LogP contribution is -2.19. The summed E-state index contributed by atoms with van der Waals surface area (Å²) < 4.78 is 16.1. The first-order chi connectivity index (χ1) is 15.1. The van der Waals surface area contributed by atoms with Gasteiger partial charge in [-0.3, -0.25) is 4.79 Å². The third-order valence-corrected chi connectivity index (χ3v) is 4.36. The van der Waals surface area contributed by atoms with Crippen LogP contribution in [0.5, 0.6) is 17.2 Å². The minimum Gasteiger partial charge on any atom is -0.497 e. The molecule has 1 amide bonds. The minimum atomic E-state index is -0.407. The summed E-state index contributed by atoms with van der Waals surface area (Å²) in [5, 5.41) is 4.02. The number of pyridine rings is 1. The summed E-state index contributed by atoms with van der Waals surface area (Å²) in [7, 11) is 3.14. The quantitative estimate of drug-likeness (QED) is 0.413. The number of nitrogens with zero attached hydrogens (tertiary/aromatic N) is 2. The minimum absolute atomic E-state index is 0.268. The third kappa shape index (κ3) is 6.05. The van der Waals surface area contributed by atoms with Gasteiger partial charge in [-0.1, -0.05) is 13.0 Å². The van der Waals surface area contributed by atoms with Crippen LogP contribution in [0.2, 0.25) is 0 Å². The van der Waals surface area contributed by atoms with E-state index in [2.05, 4.69) is 22.4 Å². The zero-order chi connectivity index (χ0) is 22.1. The molecule has 0 aliphatic heterocycles. The molecule has 160 valence electrons. The first-order valence-electron chi connectivity index (χ1n) is 9.89. The molecule has 0 bridgehead atoms. The highest BCUT2D eigenvalue weighted by Gasteiger charge is 2.09. The van der Waals surface area contributed by atoms with Crippen LogP contribution < -0.4 is 19.6 Å². The van der Waals surface area contributed by atoms with Gasteiger partial charge >= 0.3 is 0 Å². The van der Waals surface area contributed by atoms with E-state index in [-0.39, 0.29) is 5.69 Å². The fourth-order valence-corrected chi connectivity index (χ4v) is 2.79. The molecule has 0 saturated carbocycles. The number of hydrogen-bond donors (Lipinski definition) is 1. The van der Waals surface area contributed by atoms with Crippen molar-refractivity contribution < 1.29 is 19.0 Å². The maximum absolute atomic E-state index is 12.5. The highest BCUT2D eigenvalue weighted by molar-refractivity contribution is 5.93. The molecule has 7 nitrogen and oxygen atoms in total. The number of hydrogen-bond acceptors (Lipinski definition) is 6. The molecule has 1 heterocycles. The molecule has 0 spiro atoms. The summed E-state index contributed by atoms with van der Waals surface area (Å²) in [5.41, 5.74) is 5.08. The van der Waals surface area contributed by atoms with E-state index in [1.165, 1.54) is 6.21 Å². The Hall–Kier alpha value is -3.87. The number of hydrazone groups is 1. The molecule has 0 radical (unpaired) electrons. The van der Waals surface area contributed by atoms with Crippen LogP contribution in [0.1, 0.15) is 29.4 Å². The Morgan fingerprint density at radius 2 is 1.71 bits per heavy atom. The van der Waals surface area contributed by atoms with Crippen LogP contribution in [0, 0.1) is 0 Å². The molecule has 0 saturated heterocycles. The van der Waals surface area contributed by atoms with Crippen LogP contribution in [0.3, 0.4) is 0 Å². The number of carbonyl (C=O) groups is 1. The van der Waals surface area contributed by atoms with Gasteiger partial charge < -0.3 is 14.2 Å². The Labute approximate surface area is 181 Å². The summed E-state index contributed by atoms with van der Waals surface area (Å²) in [6.45, 7) is 2.74. The van der Waals surface area contributed by atoms with Crippen LogP contribution in [-0.2, 0) is 0 Å². The molecule has 2 aromatic carbocycles. The molecule has 3 aromatic rings. The number of aromatic nitrogens is 1. The monoisotopic (exact) mass is 419 g/mol. The van der Waals surface area contributed by atoms with Crippen molar-refractivity contribution in [1.29, 1.82) is 0 Å². The lowest BCUT2D eigenvalue weighted by molar-refractivity contribution is 0.0950. The van der Waals surface area contributed by atoms with Crippen molar-refractivity contribution in [2.75, 3.05) is 20.8 Å². The van der Waals surface area contributed by atoms with Gasteiger partial charge in [0.15, 0.2) is 0 Å². The fraction of sp³-hybridized carbons (Fsp3) is 0.208. The average Bonchev–Trinajstić information content (AvgIpc) is 2.82. The highest BCUT2D eigenvalue weighted by Crippen LogP contribution is 2.22. The molecule has 1 aromatic heterocycles. The Bertz CT molecular complexity index is 1030. The zero-order valence-electron chi connectivity index (χ0n) is 17.8. The second-order valence-corrected chi connectivity index (χ2v) is 6.63. The molecule has 0 fully saturated rings. The van der Waals surface area contributed by atoms with Gasteiger partial charge in [-0.15, -0.1) is 0 Å². The second kappa shape index (κ2) is 10.8. The molecule has 7 heteroatoms. The van der Waals surface area contributed by atoms with Crippen molar-refractivity contribution >= 4 is 12.1 Å². The van der Waals surface area contributed by atoms with Crippen LogP contribution in [0.15, 0.2) is 65.8 Å². The largest absolute Gasteiger partial charge is 0.497 e. The number of nitrogens with one attached hydrogen (secondary N) is 1. The number of benzene rings is 2. The Balaban J connectivity index is 1.68. The van der Waals surface area contributed by atoms with Crippen LogP contribution in [-0.4, -0.2) is 37.9 Å². The molecule has 0 atom stereocenters.